The van der Waals surface area contributed by atoms with Crippen molar-refractivity contribution in [3.63, 3.8) is 0 Å². The first-order valence-electron chi connectivity index (χ1n) is 12.9. The first kappa shape index (κ1) is 33.2. The Hall–Kier alpha value is -3.28. The third kappa shape index (κ3) is 8.17. The number of alkyl halides is 3. The van der Waals surface area contributed by atoms with E-state index in [9.17, 15) is 31.2 Å². The maximum atomic E-state index is 13.9. The number of hydrogen-bond acceptors (Lipinski definition) is 4. The van der Waals surface area contributed by atoms with Crippen LogP contribution in [0.4, 0.5) is 18.9 Å². The van der Waals surface area contributed by atoms with Crippen molar-refractivity contribution in [2.45, 2.75) is 50.9 Å². The molecule has 0 saturated heterocycles. The molecule has 3 rings (SSSR count). The van der Waals surface area contributed by atoms with Gasteiger partial charge in [-0.15, -0.1) is 0 Å². The topological polar surface area (TPSA) is 86.8 Å². The molecule has 0 bridgehead atoms. The minimum atomic E-state index is -4.89. The van der Waals surface area contributed by atoms with Gasteiger partial charge in [0.1, 0.15) is 12.6 Å². The Balaban J connectivity index is 2.11. The largest absolute Gasteiger partial charge is 0.417 e. The molecule has 0 aromatic heterocycles. The zero-order valence-corrected chi connectivity index (χ0v) is 25.4. The van der Waals surface area contributed by atoms with Crippen LogP contribution in [0.5, 0.6) is 0 Å². The molecule has 1 atom stereocenters. The summed E-state index contributed by atoms with van der Waals surface area (Å²) in [6, 6.07) is 13.8. The van der Waals surface area contributed by atoms with E-state index in [1.54, 1.807) is 31.2 Å². The monoisotopic (exact) mass is 643 g/mol. The highest BCUT2D eigenvalue weighted by Gasteiger charge is 2.37. The minimum absolute atomic E-state index is 0.118. The van der Waals surface area contributed by atoms with Crippen LogP contribution in [0, 0.1) is 6.92 Å². The summed E-state index contributed by atoms with van der Waals surface area (Å²) < 4.78 is 69.5. The van der Waals surface area contributed by atoms with E-state index in [-0.39, 0.29) is 11.4 Å². The molecule has 1 N–H and O–H groups in total. The van der Waals surface area contributed by atoms with Crippen LogP contribution in [0.15, 0.2) is 71.6 Å². The molecule has 0 fully saturated rings. The van der Waals surface area contributed by atoms with Crippen molar-refractivity contribution in [1.82, 2.24) is 10.2 Å². The first-order valence-corrected chi connectivity index (χ1v) is 15.1. The fourth-order valence-corrected chi connectivity index (χ4v) is 5.91. The molecule has 226 valence electrons. The van der Waals surface area contributed by atoms with Gasteiger partial charge in [0, 0.05) is 18.1 Å². The van der Waals surface area contributed by atoms with Gasteiger partial charge in [0.05, 0.1) is 21.2 Å². The van der Waals surface area contributed by atoms with Crippen LogP contribution < -0.4 is 9.62 Å². The van der Waals surface area contributed by atoms with Crippen LogP contribution in [-0.2, 0) is 32.3 Å². The number of amides is 2. The van der Waals surface area contributed by atoms with E-state index in [4.69, 9.17) is 23.2 Å². The van der Waals surface area contributed by atoms with Crippen LogP contribution >= 0.6 is 23.2 Å². The number of hydrogen-bond donors (Lipinski definition) is 1. The molecular formula is C29H30Cl2F3N3O4S. The van der Waals surface area contributed by atoms with Gasteiger partial charge >= 0.3 is 6.18 Å². The summed E-state index contributed by atoms with van der Waals surface area (Å²) in [6.45, 7) is 4.41. The molecule has 3 aromatic rings. The van der Waals surface area contributed by atoms with Crippen LogP contribution in [0.25, 0.3) is 0 Å². The Kier molecular flexibility index (Phi) is 10.9. The Morgan fingerprint density at radius 1 is 1.00 bits per heavy atom. The van der Waals surface area contributed by atoms with Gasteiger partial charge in [-0.05, 0) is 68.3 Å². The minimum Gasteiger partial charge on any atom is -0.354 e. The number of benzene rings is 3. The van der Waals surface area contributed by atoms with Crippen molar-refractivity contribution >= 4 is 50.7 Å². The molecule has 0 aliphatic heterocycles. The highest BCUT2D eigenvalue weighted by atomic mass is 35.5. The molecule has 0 radical (unpaired) electrons. The average Bonchev–Trinajstić information content (AvgIpc) is 2.92. The van der Waals surface area contributed by atoms with Crippen molar-refractivity contribution < 1.29 is 31.2 Å². The molecule has 0 aliphatic carbocycles. The van der Waals surface area contributed by atoms with E-state index in [0.717, 1.165) is 22.6 Å². The number of sulfonamides is 1. The molecule has 2 amide bonds. The summed E-state index contributed by atoms with van der Waals surface area (Å²) in [5.74, 6) is -1.31. The molecule has 0 aliphatic rings. The van der Waals surface area contributed by atoms with Crippen LogP contribution in [0.1, 0.15) is 37.0 Å². The molecule has 42 heavy (non-hydrogen) atoms. The number of carbonyl (C=O) groups is 2. The number of carbonyl (C=O) groups excluding carboxylic acids is 2. The van der Waals surface area contributed by atoms with Gasteiger partial charge in [-0.1, -0.05) is 60.0 Å². The fraction of sp³-hybridized carbons (Fsp3) is 0.310. The second-order valence-corrected chi connectivity index (χ2v) is 12.3. The second-order valence-electron chi connectivity index (χ2n) is 9.61. The lowest BCUT2D eigenvalue weighted by Gasteiger charge is -2.32. The van der Waals surface area contributed by atoms with Gasteiger partial charge in [-0.25, -0.2) is 8.42 Å². The van der Waals surface area contributed by atoms with E-state index in [1.165, 1.54) is 31.2 Å². The summed E-state index contributed by atoms with van der Waals surface area (Å²) in [5, 5.41) is 2.46. The van der Waals surface area contributed by atoms with Crippen LogP contribution in [0.3, 0.4) is 0 Å². The van der Waals surface area contributed by atoms with Gasteiger partial charge in [0.15, 0.2) is 0 Å². The van der Waals surface area contributed by atoms with Gasteiger partial charge in [0.25, 0.3) is 10.0 Å². The first-order chi connectivity index (χ1) is 19.6. The molecule has 0 heterocycles. The number of halogens is 5. The molecule has 0 saturated carbocycles. The third-order valence-corrected chi connectivity index (χ3v) is 8.74. The van der Waals surface area contributed by atoms with Gasteiger partial charge in [-0.2, -0.15) is 13.2 Å². The average molecular weight is 645 g/mol. The third-order valence-electron chi connectivity index (χ3n) is 6.39. The maximum absolute atomic E-state index is 13.9. The second kappa shape index (κ2) is 13.8. The Labute approximate surface area is 253 Å². The Bertz CT molecular complexity index is 1530. The highest BCUT2D eigenvalue weighted by Crippen LogP contribution is 2.38. The standard InChI is InChI=1S/C29H30Cl2F3N3O4S/c1-4-14-35-28(39)20(3)36(17-21-6-5-7-22(30)15-21)27(38)18-37(42(40,41)24-11-8-19(2)9-12-24)23-10-13-26(31)25(16-23)29(32,33)34/h5-13,15-16,20H,4,14,17-18H2,1-3H3,(H,35,39)/t20-/m1/s1. The van der Waals surface area contributed by atoms with E-state index in [0.29, 0.717) is 33.9 Å². The van der Waals surface area contributed by atoms with Crippen molar-refractivity contribution in [2.24, 2.45) is 0 Å². The predicted octanol–water partition coefficient (Wildman–Crippen LogP) is 6.46. The number of anilines is 1. The van der Waals surface area contributed by atoms with Gasteiger partial charge in [0.2, 0.25) is 11.8 Å². The summed E-state index contributed by atoms with van der Waals surface area (Å²) in [4.78, 5) is 27.7. The molecule has 3 aromatic carbocycles. The smallest absolute Gasteiger partial charge is 0.354 e. The van der Waals surface area contributed by atoms with E-state index in [2.05, 4.69) is 5.32 Å². The lowest BCUT2D eigenvalue weighted by atomic mass is 10.1. The Morgan fingerprint density at radius 3 is 2.26 bits per heavy atom. The normalized spacial score (nSPS) is 12.5. The maximum Gasteiger partial charge on any atom is 0.417 e. The molecule has 13 heteroatoms. The highest BCUT2D eigenvalue weighted by molar-refractivity contribution is 7.92. The lowest BCUT2D eigenvalue weighted by Crippen LogP contribution is -2.51. The number of aryl methyl sites for hydroxylation is 1. The number of rotatable bonds is 11. The quantitative estimate of drug-likeness (QED) is 0.260. The van der Waals surface area contributed by atoms with Gasteiger partial charge < -0.3 is 10.2 Å². The van der Waals surface area contributed by atoms with E-state index >= 15 is 0 Å². The van der Waals surface area contributed by atoms with Crippen molar-refractivity contribution in [2.75, 3.05) is 17.4 Å². The summed E-state index contributed by atoms with van der Waals surface area (Å²) in [5.41, 5.74) is -0.375. The molecule has 7 nitrogen and oxygen atoms in total. The zero-order chi connectivity index (χ0) is 31.2. The van der Waals surface area contributed by atoms with E-state index in [1.807, 2.05) is 6.92 Å². The van der Waals surface area contributed by atoms with Crippen LogP contribution in [0.2, 0.25) is 10.0 Å². The number of nitrogens with zero attached hydrogens (tertiary/aromatic N) is 2. The summed E-state index contributed by atoms with van der Waals surface area (Å²) >= 11 is 11.9. The summed E-state index contributed by atoms with van der Waals surface area (Å²) in [7, 11) is -4.56. The van der Waals surface area contributed by atoms with E-state index < -0.39 is 56.9 Å². The van der Waals surface area contributed by atoms with Gasteiger partial charge in [-0.3, -0.25) is 13.9 Å². The SMILES string of the molecule is CCCNC(=O)[C@@H](C)N(Cc1cccc(Cl)c1)C(=O)CN(c1ccc(Cl)c(C(F)(F)F)c1)S(=O)(=O)c1ccc(C)cc1. The van der Waals surface area contributed by atoms with Crippen molar-refractivity contribution in [1.29, 1.82) is 0 Å². The summed E-state index contributed by atoms with van der Waals surface area (Å²) in [6.07, 6.45) is -4.25. The Morgan fingerprint density at radius 2 is 1.67 bits per heavy atom. The molecule has 0 spiro atoms. The molecular weight excluding hydrogens is 614 g/mol. The number of nitrogens with one attached hydrogen (secondary N) is 1. The van der Waals surface area contributed by atoms with Crippen molar-refractivity contribution in [3.05, 3.63) is 93.5 Å². The fourth-order valence-electron chi connectivity index (χ4n) is 4.06. The van der Waals surface area contributed by atoms with Crippen molar-refractivity contribution in [3.8, 4) is 0 Å². The predicted molar refractivity (Wildman–Crippen MR) is 157 cm³/mol. The lowest BCUT2D eigenvalue weighted by molar-refractivity contribution is -0.139. The zero-order valence-electron chi connectivity index (χ0n) is 23.1. The van der Waals surface area contributed by atoms with Crippen LogP contribution in [-0.4, -0.2) is 44.3 Å². The molecule has 0 unspecified atom stereocenters.